The van der Waals surface area contributed by atoms with Crippen molar-refractivity contribution in [2.45, 2.75) is 0 Å². The van der Waals surface area contributed by atoms with E-state index >= 15 is 0 Å². The molecule has 94 valence electrons. The summed E-state index contributed by atoms with van der Waals surface area (Å²) in [5.74, 6) is 0. The lowest BCUT2D eigenvalue weighted by Gasteiger charge is -2.18. The fourth-order valence-corrected chi connectivity index (χ4v) is 2.97. The van der Waals surface area contributed by atoms with Crippen molar-refractivity contribution >= 4 is 28.3 Å². The van der Waals surface area contributed by atoms with Gasteiger partial charge in [0.15, 0.2) is 0 Å². The standard InChI is InChI=1S/C16H9N3S/c1-18-15(10-17)12-9-14(11-5-3-2-4-6-11)19-13-7-8-20-16(12)13/h2-9,19H/b15-12+. The highest BCUT2D eigenvalue weighted by Gasteiger charge is 2.19. The molecule has 3 nitrogen and oxygen atoms in total. The predicted molar refractivity (Wildman–Crippen MR) is 81.5 cm³/mol. The fourth-order valence-electron chi connectivity index (χ4n) is 2.10. The highest BCUT2D eigenvalue weighted by molar-refractivity contribution is 7.11. The maximum atomic E-state index is 9.13. The van der Waals surface area contributed by atoms with E-state index in [1.165, 1.54) is 11.3 Å². The molecule has 0 saturated heterocycles. The molecule has 0 unspecified atom stereocenters. The number of allylic oxidation sites excluding steroid dienone is 3. The van der Waals surface area contributed by atoms with E-state index in [9.17, 15) is 0 Å². The molecular weight excluding hydrogens is 266 g/mol. The van der Waals surface area contributed by atoms with Gasteiger partial charge in [-0.15, -0.1) is 11.3 Å². The highest BCUT2D eigenvalue weighted by atomic mass is 32.1. The smallest absolute Gasteiger partial charge is 0.270 e. The number of rotatable bonds is 1. The Balaban J connectivity index is 2.20. The van der Waals surface area contributed by atoms with Crippen LogP contribution in [-0.2, 0) is 0 Å². The minimum Gasteiger partial charge on any atom is -0.354 e. The molecule has 0 saturated carbocycles. The quantitative estimate of drug-likeness (QED) is 0.620. The molecule has 0 atom stereocenters. The van der Waals surface area contributed by atoms with Crippen LogP contribution < -0.4 is 5.32 Å². The topological polar surface area (TPSA) is 40.2 Å². The van der Waals surface area contributed by atoms with Crippen LogP contribution in [0.2, 0.25) is 0 Å². The number of nitrogens with zero attached hydrogens (tertiary/aromatic N) is 2. The number of thiophene rings is 1. The summed E-state index contributed by atoms with van der Waals surface area (Å²) in [7, 11) is 0. The van der Waals surface area contributed by atoms with Crippen LogP contribution in [0.3, 0.4) is 0 Å². The van der Waals surface area contributed by atoms with Crippen molar-refractivity contribution in [1.29, 1.82) is 5.26 Å². The van der Waals surface area contributed by atoms with Crippen molar-refractivity contribution in [2.24, 2.45) is 0 Å². The minimum atomic E-state index is 0.128. The SMILES string of the molecule is [C-]#[N+]/C(C#N)=C1\C=C(c2ccccc2)Nc2ccsc21. The van der Waals surface area contributed by atoms with Gasteiger partial charge in [0.25, 0.3) is 5.70 Å². The first-order valence-electron chi connectivity index (χ1n) is 5.97. The van der Waals surface area contributed by atoms with E-state index in [0.717, 1.165) is 21.8 Å². The zero-order valence-electron chi connectivity index (χ0n) is 10.4. The molecular formula is C16H9N3S. The summed E-state index contributed by atoms with van der Waals surface area (Å²) >= 11 is 1.53. The number of benzene rings is 1. The van der Waals surface area contributed by atoms with Gasteiger partial charge in [0, 0.05) is 16.1 Å². The lowest BCUT2D eigenvalue weighted by molar-refractivity contribution is 1.48. The molecule has 1 aliphatic rings. The van der Waals surface area contributed by atoms with E-state index in [1.807, 2.05) is 53.9 Å². The van der Waals surface area contributed by atoms with Gasteiger partial charge in [0.2, 0.25) is 0 Å². The van der Waals surface area contributed by atoms with Gasteiger partial charge in [-0.05, 0) is 23.1 Å². The molecule has 3 rings (SSSR count). The number of hydrogen-bond donors (Lipinski definition) is 1. The molecule has 0 fully saturated rings. The Labute approximate surface area is 120 Å². The van der Waals surface area contributed by atoms with Gasteiger partial charge in [0.1, 0.15) is 0 Å². The van der Waals surface area contributed by atoms with E-state index in [1.54, 1.807) is 0 Å². The van der Waals surface area contributed by atoms with Gasteiger partial charge in [-0.3, -0.25) is 0 Å². The average molecular weight is 275 g/mol. The molecule has 1 N–H and O–H groups in total. The minimum absolute atomic E-state index is 0.128. The van der Waals surface area contributed by atoms with Gasteiger partial charge in [-0.1, -0.05) is 30.3 Å². The summed E-state index contributed by atoms with van der Waals surface area (Å²) in [6, 6.07) is 13.8. The summed E-state index contributed by atoms with van der Waals surface area (Å²) < 4.78 is 0. The Morgan fingerprint density at radius 2 is 2.05 bits per heavy atom. The van der Waals surface area contributed by atoms with Crippen LogP contribution in [0.5, 0.6) is 0 Å². The second-order valence-corrected chi connectivity index (χ2v) is 5.11. The van der Waals surface area contributed by atoms with Crippen LogP contribution in [0.1, 0.15) is 10.4 Å². The first-order chi connectivity index (χ1) is 9.83. The van der Waals surface area contributed by atoms with Crippen molar-refractivity contribution < 1.29 is 0 Å². The van der Waals surface area contributed by atoms with Crippen molar-refractivity contribution in [1.82, 2.24) is 0 Å². The number of fused-ring (bicyclic) bond motifs is 1. The lowest BCUT2D eigenvalue weighted by atomic mass is 10.0. The second kappa shape index (κ2) is 5.05. The van der Waals surface area contributed by atoms with E-state index in [2.05, 4.69) is 10.2 Å². The molecule has 0 aliphatic carbocycles. The highest BCUT2D eigenvalue weighted by Crippen LogP contribution is 2.39. The number of anilines is 1. The maximum absolute atomic E-state index is 9.13. The fraction of sp³-hybridized carbons (Fsp3) is 0. The van der Waals surface area contributed by atoms with E-state index in [4.69, 9.17) is 11.8 Å². The van der Waals surface area contributed by atoms with Crippen LogP contribution in [0.4, 0.5) is 5.69 Å². The predicted octanol–water partition coefficient (Wildman–Crippen LogP) is 4.37. The molecule has 4 heteroatoms. The third kappa shape index (κ3) is 1.99. The maximum Gasteiger partial charge on any atom is 0.270 e. The molecule has 0 amide bonds. The summed E-state index contributed by atoms with van der Waals surface area (Å²) in [5, 5.41) is 14.4. The molecule has 0 spiro atoms. The van der Waals surface area contributed by atoms with Crippen LogP contribution in [0.25, 0.3) is 16.1 Å². The van der Waals surface area contributed by atoms with Gasteiger partial charge in [-0.25, -0.2) is 10.1 Å². The molecule has 20 heavy (non-hydrogen) atoms. The van der Waals surface area contributed by atoms with Crippen molar-refractivity contribution in [3.63, 3.8) is 0 Å². The molecule has 1 aromatic heterocycles. The molecule has 2 aromatic rings. The van der Waals surface area contributed by atoms with Gasteiger partial charge in [0.05, 0.1) is 18.3 Å². The Kier molecular flexibility index (Phi) is 3.09. The van der Waals surface area contributed by atoms with E-state index < -0.39 is 0 Å². The first kappa shape index (κ1) is 12.2. The van der Waals surface area contributed by atoms with Crippen LogP contribution in [-0.4, -0.2) is 0 Å². The molecule has 0 radical (unpaired) electrons. The zero-order valence-corrected chi connectivity index (χ0v) is 11.2. The first-order valence-corrected chi connectivity index (χ1v) is 6.85. The molecule has 1 aliphatic heterocycles. The van der Waals surface area contributed by atoms with Crippen LogP contribution in [0, 0.1) is 17.9 Å². The number of hydrogen-bond acceptors (Lipinski definition) is 3. The molecule has 0 bridgehead atoms. The third-order valence-electron chi connectivity index (χ3n) is 3.03. The lowest BCUT2D eigenvalue weighted by Crippen LogP contribution is -2.05. The number of nitrogens with one attached hydrogen (secondary N) is 1. The van der Waals surface area contributed by atoms with Crippen molar-refractivity contribution in [3.8, 4) is 6.07 Å². The summed E-state index contributed by atoms with van der Waals surface area (Å²) in [6.07, 6.45) is 1.88. The van der Waals surface area contributed by atoms with Gasteiger partial charge >= 0.3 is 0 Å². The van der Waals surface area contributed by atoms with Gasteiger partial charge < -0.3 is 5.32 Å². The molecule has 1 aromatic carbocycles. The monoisotopic (exact) mass is 275 g/mol. The van der Waals surface area contributed by atoms with Crippen LogP contribution in [0.15, 0.2) is 53.6 Å². The van der Waals surface area contributed by atoms with E-state index in [0.29, 0.717) is 5.57 Å². The van der Waals surface area contributed by atoms with Crippen molar-refractivity contribution in [2.75, 3.05) is 5.32 Å². The average Bonchev–Trinajstić information content (AvgIpc) is 2.97. The Bertz CT molecular complexity index is 782. The Morgan fingerprint density at radius 3 is 2.75 bits per heavy atom. The second-order valence-electron chi connectivity index (χ2n) is 4.20. The summed E-state index contributed by atoms with van der Waals surface area (Å²) in [6.45, 7) is 7.16. The Hall–Kier alpha value is -2.82. The normalized spacial score (nSPS) is 15.2. The molecule has 2 heterocycles. The van der Waals surface area contributed by atoms with Crippen molar-refractivity contribution in [3.05, 3.63) is 75.4 Å². The number of nitriles is 1. The zero-order chi connectivity index (χ0) is 13.9. The summed E-state index contributed by atoms with van der Waals surface area (Å²) in [5.41, 5.74) is 3.71. The van der Waals surface area contributed by atoms with Crippen LogP contribution >= 0.6 is 11.3 Å². The third-order valence-corrected chi connectivity index (χ3v) is 3.97. The van der Waals surface area contributed by atoms with Gasteiger partial charge in [-0.2, -0.15) is 0 Å². The Morgan fingerprint density at radius 1 is 1.25 bits per heavy atom. The largest absolute Gasteiger partial charge is 0.354 e. The summed E-state index contributed by atoms with van der Waals surface area (Å²) in [4.78, 5) is 4.28. The van der Waals surface area contributed by atoms with E-state index in [-0.39, 0.29) is 5.70 Å².